The molecular formula is C23H27FN6O2. The van der Waals surface area contributed by atoms with Crippen LogP contribution in [0.5, 0.6) is 0 Å². The van der Waals surface area contributed by atoms with Gasteiger partial charge in [0.25, 0.3) is 0 Å². The normalized spacial score (nSPS) is 21.3. The number of carbonyl (C=O) groups is 1. The number of piperazine rings is 1. The van der Waals surface area contributed by atoms with Crippen LogP contribution in [0.4, 0.5) is 10.1 Å². The van der Waals surface area contributed by atoms with Crippen molar-refractivity contribution < 1.29 is 13.9 Å². The third-order valence-corrected chi connectivity index (χ3v) is 6.43. The highest BCUT2D eigenvalue weighted by Gasteiger charge is 2.41. The van der Waals surface area contributed by atoms with E-state index >= 15 is 0 Å². The number of aromatic nitrogens is 4. The standard InChI is InChI=1S/C23H27FN6O2/c1-16(24)21-11-18(6-8-25-21)30-19-4-5-20(30)13-28(12-19)22(31)14-32-10-7-17-3-2-9-29-23(17)26-15-27-29/h2-3,6,8-9,11,15-16,19-20H,4-5,7,10,12-14H2,1H3. The fourth-order valence-electron chi connectivity index (χ4n) is 4.88. The molecule has 0 N–H and O–H groups in total. The Kier molecular flexibility index (Phi) is 5.73. The highest BCUT2D eigenvalue weighted by molar-refractivity contribution is 5.78. The van der Waals surface area contributed by atoms with Gasteiger partial charge in [0.15, 0.2) is 5.65 Å². The number of anilines is 1. The summed E-state index contributed by atoms with van der Waals surface area (Å²) in [5.41, 5.74) is 3.31. The molecule has 3 unspecified atom stereocenters. The van der Waals surface area contributed by atoms with Gasteiger partial charge >= 0.3 is 0 Å². The molecule has 0 radical (unpaired) electrons. The van der Waals surface area contributed by atoms with Gasteiger partial charge in [-0.15, -0.1) is 0 Å². The zero-order valence-corrected chi connectivity index (χ0v) is 18.1. The van der Waals surface area contributed by atoms with Gasteiger partial charge in [0, 0.05) is 43.3 Å². The van der Waals surface area contributed by atoms with E-state index < -0.39 is 6.17 Å². The van der Waals surface area contributed by atoms with Crippen LogP contribution in [-0.2, 0) is 16.0 Å². The van der Waals surface area contributed by atoms with Gasteiger partial charge < -0.3 is 14.5 Å². The largest absolute Gasteiger partial charge is 0.371 e. The predicted octanol–water partition coefficient (Wildman–Crippen LogP) is 2.59. The summed E-state index contributed by atoms with van der Waals surface area (Å²) < 4.78 is 21.2. The summed E-state index contributed by atoms with van der Waals surface area (Å²) in [7, 11) is 0. The number of halogens is 1. The molecule has 2 saturated heterocycles. The Morgan fingerprint density at radius 1 is 1.25 bits per heavy atom. The first kappa shape index (κ1) is 20.8. The number of hydrogen-bond acceptors (Lipinski definition) is 6. The lowest BCUT2D eigenvalue weighted by molar-refractivity contribution is -0.137. The van der Waals surface area contributed by atoms with Crippen molar-refractivity contribution in [2.45, 2.75) is 44.4 Å². The second kappa shape index (κ2) is 8.82. The zero-order valence-electron chi connectivity index (χ0n) is 18.1. The van der Waals surface area contributed by atoms with E-state index in [1.165, 1.54) is 13.3 Å². The maximum absolute atomic E-state index is 13.7. The number of nitrogens with zero attached hydrogens (tertiary/aromatic N) is 6. The van der Waals surface area contributed by atoms with Gasteiger partial charge in [-0.25, -0.2) is 13.9 Å². The number of fused-ring (bicyclic) bond motifs is 3. The summed E-state index contributed by atoms with van der Waals surface area (Å²) in [6.45, 7) is 3.37. The molecule has 1 amide bonds. The molecule has 5 heterocycles. The van der Waals surface area contributed by atoms with Crippen molar-refractivity contribution in [2.75, 3.05) is 31.2 Å². The fraction of sp³-hybridized carbons (Fsp3) is 0.478. The molecule has 2 fully saturated rings. The molecule has 0 aliphatic carbocycles. The van der Waals surface area contributed by atoms with Crippen LogP contribution < -0.4 is 4.90 Å². The molecular weight excluding hydrogens is 411 g/mol. The second-order valence-electron chi connectivity index (χ2n) is 8.51. The number of rotatable bonds is 7. The van der Waals surface area contributed by atoms with Crippen molar-refractivity contribution in [3.63, 3.8) is 0 Å². The number of ether oxygens (including phenoxy) is 1. The summed E-state index contributed by atoms with van der Waals surface area (Å²) in [5, 5.41) is 4.14. The van der Waals surface area contributed by atoms with Crippen LogP contribution in [0.15, 0.2) is 43.0 Å². The van der Waals surface area contributed by atoms with Gasteiger partial charge in [0.1, 0.15) is 19.1 Å². The van der Waals surface area contributed by atoms with Gasteiger partial charge in [-0.2, -0.15) is 5.10 Å². The Morgan fingerprint density at radius 2 is 2.06 bits per heavy atom. The van der Waals surface area contributed by atoms with Gasteiger partial charge in [0.2, 0.25) is 5.91 Å². The Bertz CT molecular complexity index is 1090. The number of likely N-dealkylation sites (tertiary alicyclic amines) is 1. The van der Waals surface area contributed by atoms with Crippen LogP contribution in [0.25, 0.3) is 5.65 Å². The number of amides is 1. The number of carbonyl (C=O) groups excluding carboxylic acids is 1. The van der Waals surface area contributed by atoms with Crippen LogP contribution >= 0.6 is 0 Å². The van der Waals surface area contributed by atoms with Crippen molar-refractivity contribution >= 4 is 17.2 Å². The highest BCUT2D eigenvalue weighted by atomic mass is 19.1. The van der Waals surface area contributed by atoms with Crippen molar-refractivity contribution in [1.82, 2.24) is 24.5 Å². The molecule has 3 aromatic heterocycles. The maximum Gasteiger partial charge on any atom is 0.248 e. The fourth-order valence-corrected chi connectivity index (χ4v) is 4.88. The number of hydrogen-bond donors (Lipinski definition) is 0. The highest BCUT2D eigenvalue weighted by Crippen LogP contribution is 2.35. The average molecular weight is 439 g/mol. The minimum atomic E-state index is -1.09. The Labute approximate surface area is 186 Å². The minimum absolute atomic E-state index is 0.0232. The number of pyridine rings is 2. The molecule has 3 atom stereocenters. The van der Waals surface area contributed by atoms with E-state index in [0.717, 1.165) is 29.7 Å². The first-order valence-corrected chi connectivity index (χ1v) is 11.1. The third kappa shape index (κ3) is 4.04. The maximum atomic E-state index is 13.7. The lowest BCUT2D eigenvalue weighted by atomic mass is 10.1. The van der Waals surface area contributed by atoms with Gasteiger partial charge in [-0.3, -0.25) is 9.78 Å². The summed E-state index contributed by atoms with van der Waals surface area (Å²) in [6.07, 6.45) is 6.69. The predicted molar refractivity (Wildman–Crippen MR) is 117 cm³/mol. The van der Waals surface area contributed by atoms with Crippen molar-refractivity contribution in [2.24, 2.45) is 0 Å². The monoisotopic (exact) mass is 438 g/mol. The Balaban J connectivity index is 1.15. The molecule has 8 nitrogen and oxygen atoms in total. The molecule has 0 saturated carbocycles. The molecule has 2 aliphatic heterocycles. The zero-order chi connectivity index (χ0) is 22.1. The van der Waals surface area contributed by atoms with E-state index in [4.69, 9.17) is 4.74 Å². The van der Waals surface area contributed by atoms with E-state index in [9.17, 15) is 9.18 Å². The molecule has 168 valence electrons. The topological polar surface area (TPSA) is 75.9 Å². The SMILES string of the molecule is CC(F)c1cc(N2C3CCC2CN(C(=O)COCCc2cccn4ncnc24)C3)ccn1. The molecule has 32 heavy (non-hydrogen) atoms. The van der Waals surface area contributed by atoms with Crippen molar-refractivity contribution in [1.29, 1.82) is 0 Å². The van der Waals surface area contributed by atoms with Crippen molar-refractivity contribution in [3.8, 4) is 0 Å². The molecule has 9 heteroatoms. The number of alkyl halides is 1. The molecule has 3 aromatic rings. The van der Waals surface area contributed by atoms with Gasteiger partial charge in [-0.1, -0.05) is 6.07 Å². The Hall–Kier alpha value is -3.07. The van der Waals surface area contributed by atoms with Crippen LogP contribution in [0, 0.1) is 0 Å². The first-order valence-electron chi connectivity index (χ1n) is 11.1. The lowest BCUT2D eigenvalue weighted by Crippen LogP contribution is -2.56. The van der Waals surface area contributed by atoms with E-state index in [-0.39, 0.29) is 24.6 Å². The lowest BCUT2D eigenvalue weighted by Gasteiger charge is -2.42. The van der Waals surface area contributed by atoms with Crippen LogP contribution in [0.2, 0.25) is 0 Å². The van der Waals surface area contributed by atoms with Crippen molar-refractivity contribution in [3.05, 3.63) is 54.2 Å². The molecule has 0 spiro atoms. The summed E-state index contributed by atoms with van der Waals surface area (Å²) in [5.74, 6) is 0.0232. The molecule has 2 bridgehead atoms. The second-order valence-corrected chi connectivity index (χ2v) is 8.51. The summed E-state index contributed by atoms with van der Waals surface area (Å²) >= 11 is 0. The van der Waals surface area contributed by atoms with Gasteiger partial charge in [-0.05, 0) is 49.9 Å². The summed E-state index contributed by atoms with van der Waals surface area (Å²) in [6, 6.07) is 8.19. The van der Waals surface area contributed by atoms with E-state index in [2.05, 4.69) is 20.0 Å². The molecule has 2 aliphatic rings. The van der Waals surface area contributed by atoms with Crippen LogP contribution in [-0.4, -0.2) is 68.8 Å². The van der Waals surface area contributed by atoms with E-state index in [0.29, 0.717) is 31.8 Å². The van der Waals surface area contributed by atoms with Gasteiger partial charge in [0.05, 0.1) is 12.3 Å². The molecule has 5 rings (SSSR count). The molecule has 0 aromatic carbocycles. The minimum Gasteiger partial charge on any atom is -0.371 e. The van der Waals surface area contributed by atoms with Crippen LogP contribution in [0.1, 0.15) is 37.2 Å². The van der Waals surface area contributed by atoms with E-state index in [1.807, 2.05) is 35.4 Å². The third-order valence-electron chi connectivity index (χ3n) is 6.43. The van der Waals surface area contributed by atoms with Crippen LogP contribution in [0.3, 0.4) is 0 Å². The average Bonchev–Trinajstić information content (AvgIpc) is 3.39. The van der Waals surface area contributed by atoms with E-state index in [1.54, 1.807) is 10.7 Å². The quantitative estimate of drug-likeness (QED) is 0.528. The smallest absolute Gasteiger partial charge is 0.248 e. The Morgan fingerprint density at radius 3 is 2.84 bits per heavy atom. The first-order chi connectivity index (χ1) is 15.6. The summed E-state index contributed by atoms with van der Waals surface area (Å²) in [4.78, 5) is 25.4.